The van der Waals surface area contributed by atoms with Gasteiger partial charge in [0, 0.05) is 25.7 Å². The summed E-state index contributed by atoms with van der Waals surface area (Å²) in [5.41, 5.74) is -1.60. The molecule has 11 heteroatoms. The minimum atomic E-state index is -4.53. The fourth-order valence-electron chi connectivity index (χ4n) is 3.56. The van der Waals surface area contributed by atoms with Gasteiger partial charge < -0.3 is 23.9 Å². The topological polar surface area (TPSA) is 91.6 Å². The van der Waals surface area contributed by atoms with Crippen molar-refractivity contribution >= 4 is 22.6 Å². The van der Waals surface area contributed by atoms with Crippen LogP contribution in [0.3, 0.4) is 0 Å². The molecule has 4 aromatic rings. The third-order valence-electron chi connectivity index (χ3n) is 5.60. The van der Waals surface area contributed by atoms with Crippen molar-refractivity contribution in [3.05, 3.63) is 92.5 Å². The smallest absolute Gasteiger partial charge is 0.416 e. The van der Waals surface area contributed by atoms with Gasteiger partial charge in [0.1, 0.15) is 11.5 Å². The SMILES string of the molecule is COc1ccc(Oc2cc3c(cc2NC(=O)c2ccc(C(F)(F)F)cc2)n(C)c(=O)c(=O)n3C)cc1. The number of fused-ring (bicyclic) bond motifs is 1. The van der Waals surface area contributed by atoms with Crippen molar-refractivity contribution in [1.29, 1.82) is 0 Å². The van der Waals surface area contributed by atoms with Crippen LogP contribution >= 0.6 is 0 Å². The van der Waals surface area contributed by atoms with Gasteiger partial charge in [-0.2, -0.15) is 13.2 Å². The van der Waals surface area contributed by atoms with E-state index in [2.05, 4.69) is 5.32 Å². The number of ether oxygens (including phenoxy) is 2. The van der Waals surface area contributed by atoms with Crippen LogP contribution in [0.1, 0.15) is 15.9 Å². The van der Waals surface area contributed by atoms with Gasteiger partial charge in [0.2, 0.25) is 0 Å². The van der Waals surface area contributed by atoms with E-state index in [9.17, 15) is 27.6 Å². The highest BCUT2D eigenvalue weighted by Gasteiger charge is 2.30. The normalized spacial score (nSPS) is 11.4. The number of nitrogens with zero attached hydrogens (tertiary/aromatic N) is 2. The van der Waals surface area contributed by atoms with Crippen molar-refractivity contribution in [2.75, 3.05) is 12.4 Å². The quantitative estimate of drug-likeness (QED) is 0.414. The average molecular weight is 499 g/mol. The van der Waals surface area contributed by atoms with Gasteiger partial charge in [-0.25, -0.2) is 0 Å². The van der Waals surface area contributed by atoms with Gasteiger partial charge in [0.05, 0.1) is 29.4 Å². The van der Waals surface area contributed by atoms with E-state index in [4.69, 9.17) is 9.47 Å². The lowest BCUT2D eigenvalue weighted by molar-refractivity contribution is -0.137. The van der Waals surface area contributed by atoms with E-state index in [0.29, 0.717) is 22.5 Å². The Bertz CT molecular complexity index is 1570. The molecule has 0 atom stereocenters. The number of carbonyl (C=O) groups is 1. The van der Waals surface area contributed by atoms with Gasteiger partial charge in [-0.15, -0.1) is 0 Å². The van der Waals surface area contributed by atoms with Gasteiger partial charge in [-0.05, 0) is 54.6 Å². The molecule has 8 nitrogen and oxygen atoms in total. The van der Waals surface area contributed by atoms with Crippen LogP contribution in [0.25, 0.3) is 11.0 Å². The molecule has 36 heavy (non-hydrogen) atoms. The number of benzene rings is 3. The molecule has 4 rings (SSSR count). The van der Waals surface area contributed by atoms with E-state index >= 15 is 0 Å². The Balaban J connectivity index is 1.79. The molecule has 3 aromatic carbocycles. The van der Waals surface area contributed by atoms with Crippen LogP contribution < -0.4 is 25.9 Å². The number of aromatic nitrogens is 2. The zero-order chi connectivity index (χ0) is 26.2. The maximum Gasteiger partial charge on any atom is 0.416 e. The molecule has 1 heterocycles. The van der Waals surface area contributed by atoms with E-state index in [-0.39, 0.29) is 17.0 Å². The molecule has 0 saturated heterocycles. The van der Waals surface area contributed by atoms with Crippen LogP contribution in [0, 0.1) is 0 Å². The number of anilines is 1. The van der Waals surface area contributed by atoms with Crippen molar-refractivity contribution < 1.29 is 27.4 Å². The molecule has 1 amide bonds. The largest absolute Gasteiger partial charge is 0.497 e. The molecule has 0 bridgehead atoms. The Kier molecular flexibility index (Phi) is 6.32. The Labute approximate surface area is 202 Å². The molecule has 0 saturated carbocycles. The summed E-state index contributed by atoms with van der Waals surface area (Å²) in [6.07, 6.45) is -4.53. The maximum absolute atomic E-state index is 12.9. The molecule has 186 valence electrons. The molecular formula is C25H20F3N3O5. The molecule has 0 radical (unpaired) electrons. The Morgan fingerprint density at radius 2 is 1.36 bits per heavy atom. The summed E-state index contributed by atoms with van der Waals surface area (Å²) in [5.74, 6) is 0.420. The van der Waals surface area contributed by atoms with E-state index in [1.54, 1.807) is 24.3 Å². The molecule has 0 aliphatic heterocycles. The van der Waals surface area contributed by atoms with Gasteiger partial charge in [0.25, 0.3) is 5.91 Å². The first-order valence-electron chi connectivity index (χ1n) is 10.5. The molecule has 0 fully saturated rings. The summed E-state index contributed by atoms with van der Waals surface area (Å²) in [4.78, 5) is 37.5. The summed E-state index contributed by atoms with van der Waals surface area (Å²) in [6.45, 7) is 0. The highest BCUT2D eigenvalue weighted by atomic mass is 19.4. The number of hydrogen-bond acceptors (Lipinski definition) is 5. The van der Waals surface area contributed by atoms with Gasteiger partial charge >= 0.3 is 17.3 Å². The van der Waals surface area contributed by atoms with Gasteiger partial charge in [0.15, 0.2) is 5.75 Å². The van der Waals surface area contributed by atoms with Crippen LogP contribution in [0.4, 0.5) is 18.9 Å². The predicted octanol–water partition coefficient (Wildman–Crippen LogP) is 4.31. The molecule has 0 spiro atoms. The van der Waals surface area contributed by atoms with E-state index in [1.807, 2.05) is 0 Å². The highest BCUT2D eigenvalue weighted by molar-refractivity contribution is 6.06. The van der Waals surface area contributed by atoms with Crippen molar-refractivity contribution in [3.63, 3.8) is 0 Å². The predicted molar refractivity (Wildman–Crippen MR) is 127 cm³/mol. The molecule has 1 aromatic heterocycles. The molecule has 0 unspecified atom stereocenters. The fraction of sp³-hybridized carbons (Fsp3) is 0.160. The number of rotatable bonds is 5. The minimum absolute atomic E-state index is 0.0205. The first-order valence-corrected chi connectivity index (χ1v) is 10.5. The average Bonchev–Trinajstić information content (AvgIpc) is 2.86. The van der Waals surface area contributed by atoms with E-state index in [1.165, 1.54) is 37.9 Å². The van der Waals surface area contributed by atoms with E-state index in [0.717, 1.165) is 28.8 Å². The number of alkyl halides is 3. The molecule has 1 N–H and O–H groups in total. The van der Waals surface area contributed by atoms with Crippen molar-refractivity contribution in [1.82, 2.24) is 9.13 Å². The van der Waals surface area contributed by atoms with Crippen molar-refractivity contribution in [3.8, 4) is 17.2 Å². The number of amides is 1. The second-order valence-corrected chi connectivity index (χ2v) is 7.87. The molecule has 0 aliphatic rings. The lowest BCUT2D eigenvalue weighted by atomic mass is 10.1. The fourth-order valence-corrected chi connectivity index (χ4v) is 3.56. The zero-order valence-electron chi connectivity index (χ0n) is 19.3. The van der Waals surface area contributed by atoms with Crippen molar-refractivity contribution in [2.24, 2.45) is 14.1 Å². The number of methoxy groups -OCH3 is 1. The Morgan fingerprint density at radius 3 is 1.89 bits per heavy atom. The first-order chi connectivity index (χ1) is 17.0. The summed E-state index contributed by atoms with van der Waals surface area (Å²) in [5, 5.41) is 2.63. The molecular weight excluding hydrogens is 479 g/mol. The molecule has 0 aliphatic carbocycles. The summed E-state index contributed by atoms with van der Waals surface area (Å²) >= 11 is 0. The lowest BCUT2D eigenvalue weighted by Gasteiger charge is -2.17. The summed E-state index contributed by atoms with van der Waals surface area (Å²) in [6, 6.07) is 13.3. The number of hydrogen-bond donors (Lipinski definition) is 1. The van der Waals surface area contributed by atoms with Gasteiger partial charge in [-0.3, -0.25) is 14.4 Å². The Hall–Kier alpha value is -4.54. The third-order valence-corrected chi connectivity index (χ3v) is 5.60. The van der Waals surface area contributed by atoms with Crippen LogP contribution in [0.5, 0.6) is 17.2 Å². The number of aryl methyl sites for hydroxylation is 2. The third kappa shape index (κ3) is 4.67. The van der Waals surface area contributed by atoms with Crippen LogP contribution in [-0.2, 0) is 20.3 Å². The standard InChI is InChI=1S/C25H20F3N3O5/c1-30-19-12-18(29-22(32)14-4-6-15(7-5-14)25(26,27)28)21(13-20(19)31(2)24(34)23(30)33)36-17-10-8-16(35-3)9-11-17/h4-13H,1-3H3,(H,29,32). The van der Waals surface area contributed by atoms with Crippen LogP contribution in [-0.4, -0.2) is 22.2 Å². The minimum Gasteiger partial charge on any atom is -0.497 e. The maximum atomic E-state index is 12.9. The monoisotopic (exact) mass is 499 g/mol. The second-order valence-electron chi connectivity index (χ2n) is 7.87. The summed E-state index contributed by atoms with van der Waals surface area (Å²) in [7, 11) is 4.36. The van der Waals surface area contributed by atoms with Gasteiger partial charge in [-0.1, -0.05) is 0 Å². The lowest BCUT2D eigenvalue weighted by Crippen LogP contribution is -2.39. The van der Waals surface area contributed by atoms with Crippen LogP contribution in [0.15, 0.2) is 70.3 Å². The number of halogens is 3. The number of carbonyl (C=O) groups excluding carboxylic acids is 1. The Morgan fingerprint density at radius 1 is 0.833 bits per heavy atom. The summed E-state index contributed by atoms with van der Waals surface area (Å²) < 4.78 is 52.0. The first kappa shape index (κ1) is 24.6. The van der Waals surface area contributed by atoms with Crippen molar-refractivity contribution in [2.45, 2.75) is 6.18 Å². The zero-order valence-corrected chi connectivity index (χ0v) is 19.3. The van der Waals surface area contributed by atoms with E-state index < -0.39 is 28.8 Å². The van der Waals surface area contributed by atoms with Crippen LogP contribution in [0.2, 0.25) is 0 Å². The highest BCUT2D eigenvalue weighted by Crippen LogP contribution is 2.34. The second kappa shape index (κ2) is 9.25. The number of nitrogens with one attached hydrogen (secondary N) is 1.